The highest BCUT2D eigenvalue weighted by atomic mass is 16.6. The first-order chi connectivity index (χ1) is 16.0. The van der Waals surface area contributed by atoms with Gasteiger partial charge < -0.3 is 14.9 Å². The summed E-state index contributed by atoms with van der Waals surface area (Å²) in [6, 6.07) is 0. The summed E-state index contributed by atoms with van der Waals surface area (Å²) in [4.78, 5) is 12.1. The van der Waals surface area contributed by atoms with E-state index in [9.17, 15) is 15.0 Å². The number of nitrogens with zero attached hydrogens (tertiary/aromatic N) is 2. The highest BCUT2D eigenvalue weighted by molar-refractivity contribution is 5.05. The Morgan fingerprint density at radius 2 is 1.44 bits per heavy atom. The third-order valence-corrected chi connectivity index (χ3v) is 7.17. The summed E-state index contributed by atoms with van der Waals surface area (Å²) < 4.78 is 8.65. The van der Waals surface area contributed by atoms with E-state index in [-0.39, 0.29) is 17.0 Å². The lowest BCUT2D eigenvalue weighted by atomic mass is 9.82. The molecule has 1 atom stereocenters. The Hall–Kier alpha value is -1.27. The van der Waals surface area contributed by atoms with Gasteiger partial charge in [0.15, 0.2) is 6.29 Å². The Morgan fingerprint density at radius 3 is 2.00 bits per heavy atom. The molecule has 6 nitrogen and oxygen atoms in total. The molecule has 6 heteroatoms. The summed E-state index contributed by atoms with van der Waals surface area (Å²) in [5, 5.41) is 20.1. The molecule has 0 fully saturated rings. The number of unbranched alkanes of at least 4 members (excludes halogenated alkanes) is 4. The van der Waals surface area contributed by atoms with Crippen molar-refractivity contribution in [3.8, 4) is 5.88 Å². The molecule has 2 N–H and O–H groups in total. The molecule has 0 aromatic carbocycles. The molecule has 34 heavy (non-hydrogen) atoms. The van der Waals surface area contributed by atoms with Crippen LogP contribution in [-0.4, -0.2) is 32.2 Å². The maximum atomic E-state index is 12.1. The highest BCUT2D eigenvalue weighted by Gasteiger charge is 2.19. The number of ether oxygens (including phenoxy) is 1. The van der Waals surface area contributed by atoms with Gasteiger partial charge in [-0.15, -0.1) is 0 Å². The number of aliphatic hydroxyl groups is 1. The van der Waals surface area contributed by atoms with E-state index in [1.165, 1.54) is 41.0 Å². The maximum absolute atomic E-state index is 12.1. The summed E-state index contributed by atoms with van der Waals surface area (Å²) in [6.07, 6.45) is 15.1. The topological polar surface area (TPSA) is 76.6 Å². The van der Waals surface area contributed by atoms with Gasteiger partial charge in [0.05, 0.1) is 6.20 Å². The van der Waals surface area contributed by atoms with E-state index in [1.54, 1.807) is 0 Å². The first-order valence-electron chi connectivity index (χ1n) is 13.8. The lowest BCUT2D eigenvalue weighted by Gasteiger charge is -2.25. The number of imidazole rings is 1. The average Bonchev–Trinajstić information content (AvgIpc) is 3.03. The summed E-state index contributed by atoms with van der Waals surface area (Å²) in [5.41, 5.74) is 0.471. The number of aliphatic hydroxyl groups excluding tert-OH is 1. The van der Waals surface area contributed by atoms with Crippen molar-refractivity contribution in [3.63, 3.8) is 0 Å². The summed E-state index contributed by atoms with van der Waals surface area (Å²) in [6.45, 7) is 15.2. The number of aryl methyl sites for hydroxylation is 1. The fourth-order valence-corrected chi connectivity index (χ4v) is 4.69. The van der Waals surface area contributed by atoms with Crippen molar-refractivity contribution >= 4 is 0 Å². The average molecular weight is 483 g/mol. The number of aromatic nitrogens is 2. The van der Waals surface area contributed by atoms with Crippen LogP contribution >= 0.6 is 0 Å². The van der Waals surface area contributed by atoms with Gasteiger partial charge in [-0.2, -0.15) is 0 Å². The van der Waals surface area contributed by atoms with Crippen LogP contribution < -0.4 is 5.69 Å². The molecule has 0 aliphatic heterocycles. The molecule has 0 radical (unpaired) electrons. The SMILES string of the molecule is CCCCCC(C)(C)CCCC(O)OCCCCC(C)(C)CCCCn1c(O)cn(CC)c1=O. The molecule has 0 amide bonds. The number of hydrogen-bond donors (Lipinski definition) is 2. The Labute approximate surface area is 208 Å². The van der Waals surface area contributed by atoms with E-state index in [4.69, 9.17) is 4.74 Å². The van der Waals surface area contributed by atoms with E-state index >= 15 is 0 Å². The summed E-state index contributed by atoms with van der Waals surface area (Å²) >= 11 is 0. The second-order valence-corrected chi connectivity index (χ2v) is 11.6. The van der Waals surface area contributed by atoms with E-state index in [0.717, 1.165) is 57.8 Å². The van der Waals surface area contributed by atoms with Gasteiger partial charge in [0, 0.05) is 19.7 Å². The van der Waals surface area contributed by atoms with Crippen LogP contribution in [0.15, 0.2) is 11.0 Å². The molecule has 1 unspecified atom stereocenters. The number of rotatable bonds is 20. The van der Waals surface area contributed by atoms with Gasteiger partial charge in [0.2, 0.25) is 5.88 Å². The highest BCUT2D eigenvalue weighted by Crippen LogP contribution is 2.31. The minimum atomic E-state index is -0.637. The lowest BCUT2D eigenvalue weighted by Crippen LogP contribution is -2.23. The van der Waals surface area contributed by atoms with Gasteiger partial charge in [0.1, 0.15) is 0 Å². The van der Waals surface area contributed by atoms with Crippen LogP contribution in [0.1, 0.15) is 125 Å². The van der Waals surface area contributed by atoms with E-state index in [0.29, 0.717) is 25.1 Å². The van der Waals surface area contributed by atoms with Crippen molar-refractivity contribution < 1.29 is 14.9 Å². The van der Waals surface area contributed by atoms with Crippen LogP contribution in [0.5, 0.6) is 5.88 Å². The molecular weight excluding hydrogens is 428 g/mol. The van der Waals surface area contributed by atoms with Gasteiger partial charge in [-0.05, 0) is 69.1 Å². The van der Waals surface area contributed by atoms with Crippen LogP contribution in [0.2, 0.25) is 0 Å². The van der Waals surface area contributed by atoms with Crippen molar-refractivity contribution in [2.45, 2.75) is 144 Å². The zero-order chi connectivity index (χ0) is 25.6. The molecule has 200 valence electrons. The number of aromatic hydroxyl groups is 1. The third-order valence-electron chi connectivity index (χ3n) is 7.17. The summed E-state index contributed by atoms with van der Waals surface area (Å²) in [5.74, 6) is 0.0592. The van der Waals surface area contributed by atoms with Crippen LogP contribution in [-0.2, 0) is 17.8 Å². The predicted octanol–water partition coefficient (Wildman–Crippen LogP) is 6.85. The Balaban J connectivity index is 2.13. The Bertz CT molecular complexity index is 720. The standard InChI is InChI=1S/C28H54N2O4/c1-7-9-10-17-28(5,6)20-15-16-25(32)34-22-14-12-19-27(3,4)18-11-13-21-30-24(31)23-29(8-2)26(30)33/h23,25,31-32H,7-22H2,1-6H3. The van der Waals surface area contributed by atoms with Crippen LogP contribution in [0.25, 0.3) is 0 Å². The minimum Gasteiger partial charge on any atom is -0.493 e. The molecule has 0 bridgehead atoms. The maximum Gasteiger partial charge on any atom is 0.331 e. The molecule has 0 spiro atoms. The fraction of sp³-hybridized carbons (Fsp3) is 0.893. The second kappa shape index (κ2) is 15.7. The zero-order valence-corrected chi connectivity index (χ0v) is 23.1. The molecule has 1 rings (SSSR count). The van der Waals surface area contributed by atoms with E-state index in [1.807, 2.05) is 6.92 Å². The monoisotopic (exact) mass is 482 g/mol. The van der Waals surface area contributed by atoms with Crippen molar-refractivity contribution in [2.24, 2.45) is 10.8 Å². The minimum absolute atomic E-state index is 0.0592. The van der Waals surface area contributed by atoms with Crippen LogP contribution in [0.3, 0.4) is 0 Å². The van der Waals surface area contributed by atoms with Gasteiger partial charge >= 0.3 is 5.69 Å². The third kappa shape index (κ3) is 12.4. The first kappa shape index (κ1) is 30.8. The molecule has 1 heterocycles. The molecule has 0 saturated carbocycles. The van der Waals surface area contributed by atoms with Gasteiger partial charge in [-0.1, -0.05) is 66.7 Å². The smallest absolute Gasteiger partial charge is 0.331 e. The molecule has 0 saturated heterocycles. The van der Waals surface area contributed by atoms with Crippen LogP contribution in [0, 0.1) is 10.8 Å². The zero-order valence-electron chi connectivity index (χ0n) is 23.1. The molecule has 1 aromatic rings. The summed E-state index contributed by atoms with van der Waals surface area (Å²) in [7, 11) is 0. The van der Waals surface area contributed by atoms with Crippen LogP contribution in [0.4, 0.5) is 0 Å². The van der Waals surface area contributed by atoms with Gasteiger partial charge in [-0.3, -0.25) is 9.13 Å². The van der Waals surface area contributed by atoms with Gasteiger partial charge in [0.25, 0.3) is 0 Å². The predicted molar refractivity (Wildman–Crippen MR) is 141 cm³/mol. The fourth-order valence-electron chi connectivity index (χ4n) is 4.69. The Morgan fingerprint density at radius 1 is 0.882 bits per heavy atom. The Kier molecular flexibility index (Phi) is 14.2. The lowest BCUT2D eigenvalue weighted by molar-refractivity contribution is -0.106. The quantitative estimate of drug-likeness (QED) is 0.157. The largest absolute Gasteiger partial charge is 0.493 e. The first-order valence-corrected chi connectivity index (χ1v) is 13.8. The number of hydrogen-bond acceptors (Lipinski definition) is 4. The molecule has 0 aliphatic carbocycles. The van der Waals surface area contributed by atoms with Gasteiger partial charge in [-0.25, -0.2) is 4.79 Å². The molecular formula is C28H54N2O4. The molecule has 0 aliphatic rings. The van der Waals surface area contributed by atoms with Crippen molar-refractivity contribution in [2.75, 3.05) is 6.61 Å². The normalized spacial score (nSPS) is 13.5. The second-order valence-electron chi connectivity index (χ2n) is 11.6. The van der Waals surface area contributed by atoms with E-state index in [2.05, 4.69) is 34.6 Å². The van der Waals surface area contributed by atoms with E-state index < -0.39 is 6.29 Å². The molecule has 1 aromatic heterocycles. The van der Waals surface area contributed by atoms with Crippen molar-refractivity contribution in [1.29, 1.82) is 0 Å². The van der Waals surface area contributed by atoms with Crippen molar-refractivity contribution in [3.05, 3.63) is 16.7 Å². The van der Waals surface area contributed by atoms with Crippen molar-refractivity contribution in [1.82, 2.24) is 9.13 Å².